The molecule has 1 aliphatic rings. The summed E-state index contributed by atoms with van der Waals surface area (Å²) in [4.78, 5) is 13.5. The first-order chi connectivity index (χ1) is 16.2. The van der Waals surface area contributed by atoms with Crippen LogP contribution >= 0.6 is 11.6 Å². The molecule has 1 atom stereocenters. The second kappa shape index (κ2) is 10.2. The van der Waals surface area contributed by atoms with Gasteiger partial charge >= 0.3 is 5.97 Å². The smallest absolute Gasteiger partial charge is 0.307 e. The van der Waals surface area contributed by atoms with Crippen LogP contribution in [0.3, 0.4) is 0 Å². The van der Waals surface area contributed by atoms with Gasteiger partial charge in [0.05, 0.1) is 17.4 Å². The third kappa shape index (κ3) is 5.47. The molecule has 0 amide bonds. The van der Waals surface area contributed by atoms with Crippen LogP contribution in [0.25, 0.3) is 0 Å². The monoisotopic (exact) mass is 502 g/mol. The summed E-state index contributed by atoms with van der Waals surface area (Å²) in [6.45, 7) is 1.49. The van der Waals surface area contributed by atoms with Crippen molar-refractivity contribution in [3.05, 3.63) is 100 Å². The van der Waals surface area contributed by atoms with Gasteiger partial charge in [0.15, 0.2) is 0 Å². The summed E-state index contributed by atoms with van der Waals surface area (Å²) in [5.74, 6) is -1.39. The topological polar surface area (TPSA) is 77.9 Å². The molecule has 6 nitrogen and oxygen atoms in total. The van der Waals surface area contributed by atoms with Gasteiger partial charge in [-0.3, -0.25) is 9.69 Å². The van der Waals surface area contributed by atoms with Gasteiger partial charge in [-0.2, -0.15) is 4.31 Å². The predicted molar refractivity (Wildman–Crippen MR) is 128 cm³/mol. The Morgan fingerprint density at radius 2 is 1.59 bits per heavy atom. The average molecular weight is 503 g/mol. The number of carboxylic acid groups (broad SMARTS) is 1. The van der Waals surface area contributed by atoms with Crippen molar-refractivity contribution in [3.63, 3.8) is 0 Å². The molecule has 4 rings (SSSR count). The Bertz CT molecular complexity index is 1260. The molecule has 1 fully saturated rings. The van der Waals surface area contributed by atoms with Crippen molar-refractivity contribution in [2.45, 2.75) is 17.4 Å². The highest BCUT2D eigenvalue weighted by molar-refractivity contribution is 7.89. The number of nitrogens with zero attached hydrogens (tertiary/aromatic N) is 2. The molecule has 1 unspecified atom stereocenters. The fourth-order valence-corrected chi connectivity index (χ4v) is 5.81. The molecule has 0 radical (unpaired) electrons. The third-order valence-corrected chi connectivity index (χ3v) is 8.06. The van der Waals surface area contributed by atoms with Crippen LogP contribution in [0.15, 0.2) is 77.7 Å². The van der Waals surface area contributed by atoms with Gasteiger partial charge in [-0.05, 0) is 53.1 Å². The molecule has 0 bridgehead atoms. The Kier molecular flexibility index (Phi) is 7.33. The zero-order chi connectivity index (χ0) is 24.3. The second-order valence-corrected chi connectivity index (χ2v) is 10.5. The molecule has 34 heavy (non-hydrogen) atoms. The molecule has 1 saturated heterocycles. The highest BCUT2D eigenvalue weighted by Gasteiger charge is 2.32. The van der Waals surface area contributed by atoms with E-state index in [-0.39, 0.29) is 30.4 Å². The van der Waals surface area contributed by atoms with Crippen LogP contribution in [0.2, 0.25) is 5.02 Å². The highest BCUT2D eigenvalue weighted by atomic mass is 35.5. The number of sulfonamides is 1. The first-order valence-corrected chi connectivity index (χ1v) is 12.6. The first kappa shape index (κ1) is 24.3. The SMILES string of the molecule is O=C(O)Cc1cccc(C(c2ccc(Cl)cc2)N2CCN(S(=O)(=O)c3ccc(F)cc3)CC2)c1. The van der Waals surface area contributed by atoms with Gasteiger partial charge in [0, 0.05) is 31.2 Å². The van der Waals surface area contributed by atoms with Gasteiger partial charge in [0.1, 0.15) is 5.82 Å². The van der Waals surface area contributed by atoms with E-state index in [1.54, 1.807) is 18.2 Å². The molecule has 3 aromatic rings. The molecular weight excluding hydrogens is 479 g/mol. The highest BCUT2D eigenvalue weighted by Crippen LogP contribution is 2.32. The van der Waals surface area contributed by atoms with E-state index >= 15 is 0 Å². The van der Waals surface area contributed by atoms with Crippen molar-refractivity contribution in [3.8, 4) is 0 Å². The molecule has 9 heteroatoms. The molecular formula is C25H24ClFN2O4S. The Hall–Kier alpha value is -2.78. The van der Waals surface area contributed by atoms with Gasteiger partial charge < -0.3 is 5.11 Å². The molecule has 1 N–H and O–H groups in total. The molecule has 3 aromatic carbocycles. The summed E-state index contributed by atoms with van der Waals surface area (Å²) in [6, 6.07) is 19.6. The first-order valence-electron chi connectivity index (χ1n) is 10.8. The van der Waals surface area contributed by atoms with Crippen LogP contribution in [0, 0.1) is 5.82 Å². The van der Waals surface area contributed by atoms with E-state index in [1.807, 2.05) is 30.3 Å². The van der Waals surface area contributed by atoms with Crippen LogP contribution in [-0.4, -0.2) is 54.9 Å². The van der Waals surface area contributed by atoms with Crippen LogP contribution in [0.1, 0.15) is 22.7 Å². The van der Waals surface area contributed by atoms with Gasteiger partial charge in [-0.1, -0.05) is 48.0 Å². The number of piperazine rings is 1. The van der Waals surface area contributed by atoms with Crippen LogP contribution in [-0.2, 0) is 21.2 Å². The summed E-state index contributed by atoms with van der Waals surface area (Å²) in [5, 5.41) is 9.81. The fourth-order valence-electron chi connectivity index (χ4n) is 4.26. The van der Waals surface area contributed by atoms with E-state index in [4.69, 9.17) is 11.6 Å². The minimum atomic E-state index is -3.73. The summed E-state index contributed by atoms with van der Waals surface area (Å²) in [6.07, 6.45) is -0.0785. The van der Waals surface area contributed by atoms with E-state index in [0.29, 0.717) is 23.7 Å². The maximum absolute atomic E-state index is 13.2. The van der Waals surface area contributed by atoms with E-state index in [9.17, 15) is 22.7 Å². The molecule has 0 aliphatic carbocycles. The number of aliphatic carboxylic acids is 1. The van der Waals surface area contributed by atoms with Gasteiger partial charge in [0.2, 0.25) is 10.0 Å². The van der Waals surface area contributed by atoms with Crippen molar-refractivity contribution in [2.75, 3.05) is 26.2 Å². The van der Waals surface area contributed by atoms with Crippen molar-refractivity contribution < 1.29 is 22.7 Å². The second-order valence-electron chi connectivity index (χ2n) is 8.16. The molecule has 0 spiro atoms. The summed E-state index contributed by atoms with van der Waals surface area (Å²) < 4.78 is 40.7. The van der Waals surface area contributed by atoms with E-state index in [1.165, 1.54) is 16.4 Å². The predicted octanol–water partition coefficient (Wildman–Crippen LogP) is 4.20. The van der Waals surface area contributed by atoms with Crippen molar-refractivity contribution >= 4 is 27.6 Å². The quantitative estimate of drug-likeness (QED) is 0.524. The minimum Gasteiger partial charge on any atom is -0.481 e. The number of hydrogen-bond acceptors (Lipinski definition) is 4. The fraction of sp³-hybridized carbons (Fsp3) is 0.240. The number of carbonyl (C=O) groups is 1. The summed E-state index contributed by atoms with van der Waals surface area (Å²) in [7, 11) is -3.73. The van der Waals surface area contributed by atoms with E-state index < -0.39 is 21.8 Å². The standard InChI is InChI=1S/C25H24ClFN2O4S/c26-21-6-4-19(5-7-21)25(20-3-1-2-18(16-20)17-24(30)31)28-12-14-29(15-13-28)34(32,33)23-10-8-22(27)9-11-23/h1-11,16,25H,12-15,17H2,(H,30,31). The Morgan fingerprint density at radius 1 is 0.941 bits per heavy atom. The van der Waals surface area contributed by atoms with Crippen LogP contribution < -0.4 is 0 Å². The summed E-state index contributed by atoms with van der Waals surface area (Å²) >= 11 is 6.09. The molecule has 178 valence electrons. The van der Waals surface area contributed by atoms with Crippen LogP contribution in [0.4, 0.5) is 4.39 Å². The lowest BCUT2D eigenvalue weighted by Gasteiger charge is -2.39. The Morgan fingerprint density at radius 3 is 2.21 bits per heavy atom. The maximum Gasteiger partial charge on any atom is 0.307 e. The Balaban J connectivity index is 1.59. The van der Waals surface area contributed by atoms with Crippen molar-refractivity contribution in [1.82, 2.24) is 9.21 Å². The number of rotatable bonds is 7. The lowest BCUT2D eigenvalue weighted by Crippen LogP contribution is -2.49. The van der Waals surface area contributed by atoms with Gasteiger partial charge in [-0.15, -0.1) is 0 Å². The third-order valence-electron chi connectivity index (χ3n) is 5.90. The molecule has 1 heterocycles. The van der Waals surface area contributed by atoms with Crippen molar-refractivity contribution in [1.29, 1.82) is 0 Å². The number of hydrogen-bond donors (Lipinski definition) is 1. The van der Waals surface area contributed by atoms with Crippen molar-refractivity contribution in [2.24, 2.45) is 0 Å². The van der Waals surface area contributed by atoms with Gasteiger partial charge in [0.25, 0.3) is 0 Å². The Labute approximate surface area is 203 Å². The number of benzene rings is 3. The van der Waals surface area contributed by atoms with E-state index in [2.05, 4.69) is 4.90 Å². The zero-order valence-electron chi connectivity index (χ0n) is 18.3. The molecule has 0 aromatic heterocycles. The number of carboxylic acids is 1. The lowest BCUT2D eigenvalue weighted by molar-refractivity contribution is -0.136. The lowest BCUT2D eigenvalue weighted by atomic mass is 9.94. The molecule has 0 saturated carbocycles. The minimum absolute atomic E-state index is 0.0676. The maximum atomic E-state index is 13.2. The molecule has 1 aliphatic heterocycles. The average Bonchev–Trinajstić information content (AvgIpc) is 2.81. The normalized spacial score (nSPS) is 16.3. The van der Waals surface area contributed by atoms with E-state index in [0.717, 1.165) is 23.3 Å². The van der Waals surface area contributed by atoms with Crippen LogP contribution in [0.5, 0.6) is 0 Å². The largest absolute Gasteiger partial charge is 0.481 e. The summed E-state index contributed by atoms with van der Waals surface area (Å²) in [5.41, 5.74) is 2.60. The zero-order valence-corrected chi connectivity index (χ0v) is 19.8. The number of halogens is 2. The van der Waals surface area contributed by atoms with Gasteiger partial charge in [-0.25, -0.2) is 12.8 Å².